The molecule has 0 saturated heterocycles. The number of methoxy groups -OCH3 is 1. The number of nitrogens with one attached hydrogen (secondary N) is 1. The average Bonchev–Trinajstić information content (AvgIpc) is 3.43. The van der Waals surface area contributed by atoms with Crippen LogP contribution in [0.4, 0.5) is 32.2 Å². The van der Waals surface area contributed by atoms with Crippen molar-refractivity contribution < 1.29 is 40.7 Å². The van der Waals surface area contributed by atoms with Crippen LogP contribution in [-0.4, -0.2) is 41.4 Å². The fraction of sp³-hybridized carbons (Fsp3) is 0.400. The van der Waals surface area contributed by atoms with Crippen molar-refractivity contribution in [2.75, 3.05) is 18.6 Å². The van der Waals surface area contributed by atoms with Gasteiger partial charge in [-0.1, -0.05) is 30.4 Å². The van der Waals surface area contributed by atoms with Gasteiger partial charge in [0.05, 0.1) is 24.8 Å². The van der Waals surface area contributed by atoms with Gasteiger partial charge < -0.3 is 15.0 Å². The van der Waals surface area contributed by atoms with E-state index >= 15 is 0 Å². The van der Waals surface area contributed by atoms with Crippen LogP contribution in [0.25, 0.3) is 0 Å². The minimum absolute atomic E-state index is 0.0105. The van der Waals surface area contributed by atoms with Crippen molar-refractivity contribution in [3.63, 3.8) is 0 Å². The molecule has 1 aromatic heterocycles. The number of carbonyl (C=O) groups excluding carboxylic acids is 2. The monoisotopic (exact) mass is 542 g/mol. The first kappa shape index (κ1) is 27.3. The molecule has 1 N–H and O–H groups in total. The zero-order valence-corrected chi connectivity index (χ0v) is 20.4. The topological polar surface area (TPSA) is 76.5 Å². The van der Waals surface area contributed by atoms with Crippen LogP contribution in [0.5, 0.6) is 0 Å². The van der Waals surface area contributed by atoms with E-state index in [1.54, 1.807) is 19.1 Å². The van der Waals surface area contributed by atoms with E-state index in [0.717, 1.165) is 16.8 Å². The van der Waals surface area contributed by atoms with E-state index in [4.69, 9.17) is 0 Å². The van der Waals surface area contributed by atoms with Gasteiger partial charge in [0, 0.05) is 25.0 Å². The Bertz CT molecular complexity index is 1280. The summed E-state index contributed by atoms with van der Waals surface area (Å²) in [5.41, 5.74) is -2.04. The van der Waals surface area contributed by atoms with Gasteiger partial charge in [-0.25, -0.2) is 9.48 Å². The number of alkyl halides is 6. The predicted octanol–water partition coefficient (Wildman–Crippen LogP) is 4.73. The predicted molar refractivity (Wildman–Crippen MR) is 124 cm³/mol. The molecule has 1 aliphatic heterocycles. The summed E-state index contributed by atoms with van der Waals surface area (Å²) in [5, 5.41) is 6.27. The van der Waals surface area contributed by atoms with E-state index in [-0.39, 0.29) is 31.4 Å². The minimum atomic E-state index is -4.91. The van der Waals surface area contributed by atoms with Gasteiger partial charge in [-0.15, -0.1) is 0 Å². The number of ether oxygens (including phenoxy) is 1. The molecular formula is C25H24F6N4O3. The highest BCUT2D eigenvalue weighted by atomic mass is 19.4. The van der Waals surface area contributed by atoms with Gasteiger partial charge in [-0.3, -0.25) is 4.79 Å². The quantitative estimate of drug-likeness (QED) is 0.422. The molecule has 0 radical (unpaired) electrons. The normalized spacial score (nSPS) is 18.2. The largest absolute Gasteiger partial charge is 0.465 e. The summed E-state index contributed by atoms with van der Waals surface area (Å²) >= 11 is 0. The Morgan fingerprint density at radius 3 is 2.34 bits per heavy atom. The number of hydrogen-bond acceptors (Lipinski definition) is 5. The molecule has 2 aliphatic rings. The number of carbonyl (C=O) groups is 2. The number of rotatable bonds is 6. The highest BCUT2D eigenvalue weighted by Gasteiger charge is 2.44. The van der Waals surface area contributed by atoms with E-state index in [0.29, 0.717) is 17.6 Å². The van der Waals surface area contributed by atoms with Gasteiger partial charge in [-0.05, 0) is 31.0 Å². The Kier molecular flexibility index (Phi) is 7.31. The molecule has 7 nitrogen and oxygen atoms in total. The third-order valence-corrected chi connectivity index (χ3v) is 6.51. The summed E-state index contributed by atoms with van der Waals surface area (Å²) in [6.07, 6.45) is -4.21. The molecule has 0 saturated carbocycles. The molecule has 0 bridgehead atoms. The second kappa shape index (κ2) is 10.2. The van der Waals surface area contributed by atoms with Crippen LogP contribution in [0.15, 0.2) is 48.1 Å². The molecular weight excluding hydrogens is 518 g/mol. The Labute approximate surface area is 213 Å². The highest BCUT2D eigenvalue weighted by Crippen LogP contribution is 2.39. The number of fused-ring (bicyclic) bond motifs is 1. The number of nitrogens with zero attached hydrogens (tertiary/aromatic N) is 3. The number of benzene rings is 1. The highest BCUT2D eigenvalue weighted by molar-refractivity contribution is 6.01. The van der Waals surface area contributed by atoms with E-state index in [2.05, 4.69) is 15.2 Å². The first-order valence-corrected chi connectivity index (χ1v) is 11.7. The second-order valence-electron chi connectivity index (χ2n) is 9.06. The lowest BCUT2D eigenvalue weighted by Crippen LogP contribution is -2.39. The standard InChI is InChI=1S/C25H24F6N4O3/c1-14(16-5-7-17(8-6-16)23(37)38-2)32-21(36)19-20(25(29,30)31)33-35-12-11-34(22(19)35)13-15-3-9-18(10-4-15)24(26,27)28/h3-5,7-10,14,16H,6,11-13H2,1-2H3,(H,32,36)/t14-,16?/m0/s1. The maximum atomic E-state index is 13.9. The van der Waals surface area contributed by atoms with Crippen molar-refractivity contribution in [1.29, 1.82) is 0 Å². The fourth-order valence-electron chi connectivity index (χ4n) is 4.50. The molecule has 0 fully saturated rings. The molecule has 4 rings (SSSR count). The zero-order valence-electron chi connectivity index (χ0n) is 20.4. The molecule has 0 spiro atoms. The van der Waals surface area contributed by atoms with Crippen molar-refractivity contribution in [2.45, 2.75) is 44.8 Å². The summed E-state index contributed by atoms with van der Waals surface area (Å²) in [4.78, 5) is 26.4. The summed E-state index contributed by atoms with van der Waals surface area (Å²) in [6, 6.07) is 3.71. The molecule has 1 unspecified atom stereocenters. The molecule has 13 heteroatoms. The minimum Gasteiger partial charge on any atom is -0.465 e. The van der Waals surface area contributed by atoms with Gasteiger partial charge in [0.2, 0.25) is 0 Å². The van der Waals surface area contributed by atoms with Crippen LogP contribution >= 0.6 is 0 Å². The first-order valence-electron chi connectivity index (χ1n) is 11.7. The number of anilines is 1. The number of amides is 1. The smallest absolute Gasteiger partial charge is 0.436 e. The van der Waals surface area contributed by atoms with Gasteiger partial charge in [0.15, 0.2) is 5.69 Å². The summed E-state index contributed by atoms with van der Waals surface area (Å²) in [6.45, 7) is 1.93. The molecule has 2 heterocycles. The Morgan fingerprint density at radius 2 is 1.79 bits per heavy atom. The second-order valence-corrected chi connectivity index (χ2v) is 9.06. The number of aromatic nitrogens is 2. The van der Waals surface area contributed by atoms with Crippen LogP contribution < -0.4 is 10.2 Å². The van der Waals surface area contributed by atoms with Gasteiger partial charge in [0.25, 0.3) is 5.91 Å². The third-order valence-electron chi connectivity index (χ3n) is 6.51. The zero-order chi connectivity index (χ0) is 27.8. The van der Waals surface area contributed by atoms with E-state index in [9.17, 15) is 35.9 Å². The van der Waals surface area contributed by atoms with Gasteiger partial charge in [0.1, 0.15) is 11.4 Å². The fourth-order valence-corrected chi connectivity index (χ4v) is 4.50. The van der Waals surface area contributed by atoms with Crippen molar-refractivity contribution in [3.8, 4) is 0 Å². The number of allylic oxidation sites excluding steroid dienone is 1. The maximum absolute atomic E-state index is 13.9. The molecule has 1 aliphatic carbocycles. The van der Waals surface area contributed by atoms with Crippen LogP contribution in [-0.2, 0) is 35.0 Å². The Balaban J connectivity index is 1.57. The number of halogens is 6. The van der Waals surface area contributed by atoms with E-state index < -0.39 is 47.1 Å². The molecule has 38 heavy (non-hydrogen) atoms. The van der Waals surface area contributed by atoms with Crippen molar-refractivity contribution >= 4 is 17.7 Å². The lowest BCUT2D eigenvalue weighted by atomic mass is 9.91. The SMILES string of the molecule is COC(=O)C1=CCC([C@H](C)NC(=O)c2c(C(F)(F)F)nn3c2N(Cc2ccc(C(F)(F)F)cc2)CC3)C=C1. The third kappa shape index (κ3) is 5.55. The Morgan fingerprint density at radius 1 is 1.11 bits per heavy atom. The van der Waals surface area contributed by atoms with Crippen molar-refractivity contribution in [2.24, 2.45) is 5.92 Å². The van der Waals surface area contributed by atoms with Gasteiger partial charge >= 0.3 is 18.3 Å². The van der Waals surface area contributed by atoms with Crippen LogP contribution in [0, 0.1) is 5.92 Å². The molecule has 1 amide bonds. The average molecular weight is 542 g/mol. The lowest BCUT2D eigenvalue weighted by Gasteiger charge is -2.25. The van der Waals surface area contributed by atoms with E-state index in [1.165, 1.54) is 30.2 Å². The summed E-state index contributed by atoms with van der Waals surface area (Å²) in [7, 11) is 1.25. The Hall–Kier alpha value is -3.77. The van der Waals surface area contributed by atoms with Crippen LogP contribution in [0.1, 0.15) is 40.5 Å². The molecule has 2 atom stereocenters. The lowest BCUT2D eigenvalue weighted by molar-refractivity contribution is -0.142. The van der Waals surface area contributed by atoms with Crippen molar-refractivity contribution in [3.05, 3.63) is 70.5 Å². The van der Waals surface area contributed by atoms with Crippen LogP contribution in [0.3, 0.4) is 0 Å². The summed E-state index contributed by atoms with van der Waals surface area (Å²) in [5.74, 6) is -1.82. The summed E-state index contributed by atoms with van der Waals surface area (Å²) < 4.78 is 86.0. The molecule has 204 valence electrons. The number of hydrogen-bond donors (Lipinski definition) is 1. The molecule has 1 aromatic carbocycles. The molecule has 2 aromatic rings. The van der Waals surface area contributed by atoms with Crippen molar-refractivity contribution in [1.82, 2.24) is 15.1 Å². The van der Waals surface area contributed by atoms with E-state index in [1.807, 2.05) is 0 Å². The number of esters is 1. The first-order chi connectivity index (χ1) is 17.8. The maximum Gasteiger partial charge on any atom is 0.436 e. The van der Waals surface area contributed by atoms with Gasteiger partial charge in [-0.2, -0.15) is 31.4 Å². The van der Waals surface area contributed by atoms with Crippen LogP contribution in [0.2, 0.25) is 0 Å².